The second kappa shape index (κ2) is 10.6. The molecule has 0 saturated heterocycles. The molecule has 1 heterocycles. The highest BCUT2D eigenvalue weighted by Gasteiger charge is 2.42. The summed E-state index contributed by atoms with van der Waals surface area (Å²) in [5, 5.41) is 6.34. The van der Waals surface area contributed by atoms with Crippen molar-refractivity contribution >= 4 is 63.0 Å². The van der Waals surface area contributed by atoms with Gasteiger partial charge in [-0.05, 0) is 116 Å². The third-order valence-electron chi connectivity index (χ3n) is 12.2. The van der Waals surface area contributed by atoms with Crippen LogP contribution in [0.1, 0.15) is 49.9 Å². The first-order valence-electron chi connectivity index (χ1n) is 18.6. The van der Waals surface area contributed by atoms with Gasteiger partial charge in [-0.2, -0.15) is 0 Å². The molecular formula is C49H43NOSi. The summed E-state index contributed by atoms with van der Waals surface area (Å²) in [7, 11) is -1.48. The van der Waals surface area contributed by atoms with Crippen molar-refractivity contribution in [1.82, 2.24) is 0 Å². The average molecular weight is 690 g/mol. The van der Waals surface area contributed by atoms with E-state index in [1.54, 1.807) is 0 Å². The summed E-state index contributed by atoms with van der Waals surface area (Å²) in [4.78, 5) is 2.41. The summed E-state index contributed by atoms with van der Waals surface area (Å²) in [6.07, 6.45) is 0. The van der Waals surface area contributed by atoms with Gasteiger partial charge in [0.15, 0.2) is 5.58 Å². The summed E-state index contributed by atoms with van der Waals surface area (Å²) < 4.78 is 6.66. The minimum atomic E-state index is -1.48. The van der Waals surface area contributed by atoms with Gasteiger partial charge in [-0.25, -0.2) is 0 Å². The molecule has 0 saturated carbocycles. The van der Waals surface area contributed by atoms with E-state index < -0.39 is 8.07 Å². The molecule has 0 fully saturated rings. The Morgan fingerprint density at radius 3 is 1.75 bits per heavy atom. The first kappa shape index (κ1) is 31.4. The predicted molar refractivity (Wildman–Crippen MR) is 224 cm³/mol. The zero-order valence-corrected chi connectivity index (χ0v) is 32.1. The van der Waals surface area contributed by atoms with E-state index in [4.69, 9.17) is 4.42 Å². The molecule has 0 radical (unpaired) electrons. The zero-order chi connectivity index (χ0) is 35.7. The van der Waals surface area contributed by atoms with Crippen LogP contribution in [0.4, 0.5) is 17.1 Å². The van der Waals surface area contributed by atoms with Crippen molar-refractivity contribution in [3.63, 3.8) is 0 Å². The van der Waals surface area contributed by atoms with E-state index in [0.29, 0.717) is 0 Å². The fraction of sp³-hybridized carbons (Fsp3) is 0.184. The molecular weight excluding hydrogens is 647 g/mol. The highest BCUT2D eigenvalue weighted by Crippen LogP contribution is 2.57. The van der Waals surface area contributed by atoms with E-state index in [2.05, 4.69) is 186 Å². The lowest BCUT2D eigenvalue weighted by atomic mass is 9.79. The minimum Gasteiger partial charge on any atom is -0.454 e. The molecule has 0 spiro atoms. The maximum Gasteiger partial charge on any atom is 0.159 e. The molecule has 0 bridgehead atoms. The summed E-state index contributed by atoms with van der Waals surface area (Å²) in [5.41, 5.74) is 15.9. The van der Waals surface area contributed by atoms with Crippen molar-refractivity contribution in [2.24, 2.45) is 0 Å². The number of benzene rings is 7. The third kappa shape index (κ3) is 4.35. The molecule has 2 nitrogen and oxygen atoms in total. The smallest absolute Gasteiger partial charge is 0.159 e. The number of rotatable bonds is 4. The van der Waals surface area contributed by atoms with Crippen LogP contribution < -0.4 is 10.1 Å². The van der Waals surface area contributed by atoms with Gasteiger partial charge in [-0.15, -0.1) is 0 Å². The number of hydrogen-bond acceptors (Lipinski definition) is 2. The molecule has 2 aliphatic carbocycles. The Labute approximate surface area is 307 Å². The Bertz CT molecular complexity index is 2780. The highest BCUT2D eigenvalue weighted by atomic mass is 28.3. The Hall–Kier alpha value is -5.38. The van der Waals surface area contributed by atoms with Crippen LogP contribution in [0.2, 0.25) is 19.6 Å². The quantitative estimate of drug-likeness (QED) is 0.171. The Morgan fingerprint density at radius 2 is 1.04 bits per heavy atom. The van der Waals surface area contributed by atoms with E-state index in [1.165, 1.54) is 60.5 Å². The van der Waals surface area contributed by atoms with Crippen molar-refractivity contribution in [2.75, 3.05) is 4.90 Å². The Balaban J connectivity index is 1.15. The van der Waals surface area contributed by atoms with Crippen LogP contribution in [0, 0.1) is 0 Å². The molecule has 7 aromatic carbocycles. The molecule has 254 valence electrons. The van der Waals surface area contributed by atoms with E-state index in [1.807, 2.05) is 0 Å². The number of fused-ring (bicyclic) bond motifs is 10. The highest BCUT2D eigenvalue weighted by molar-refractivity contribution is 6.88. The van der Waals surface area contributed by atoms with Crippen molar-refractivity contribution in [1.29, 1.82) is 0 Å². The standard InChI is InChI=1S/C49H43NOSi/c1-48(2)41-26-31-14-9-8-13-30(31)25-38(41)40-29-43-39(28-44(40)48)35-24-21-33(27-42(35)49(43,3)4)50(32-19-22-34(23-20-32)52(5,6)7)45-17-12-16-37-36-15-10-11-18-46(36)51-47(37)45/h8-29H,1-7H3. The van der Waals surface area contributed by atoms with E-state index in [-0.39, 0.29) is 10.8 Å². The number of anilines is 3. The molecule has 0 unspecified atom stereocenters. The van der Waals surface area contributed by atoms with Crippen molar-refractivity contribution < 1.29 is 4.42 Å². The number of hydrogen-bond donors (Lipinski definition) is 0. The maximum absolute atomic E-state index is 6.66. The Kier molecular flexibility index (Phi) is 6.38. The summed E-state index contributed by atoms with van der Waals surface area (Å²) >= 11 is 0. The Morgan fingerprint density at radius 1 is 0.481 bits per heavy atom. The van der Waals surface area contributed by atoms with Crippen LogP contribution in [-0.2, 0) is 10.8 Å². The van der Waals surface area contributed by atoms with Crippen LogP contribution in [0.15, 0.2) is 138 Å². The summed E-state index contributed by atoms with van der Waals surface area (Å²) in [5.74, 6) is 0. The lowest BCUT2D eigenvalue weighted by molar-refractivity contribution is 0.652. The van der Waals surface area contributed by atoms with Gasteiger partial charge in [0, 0.05) is 33.0 Å². The molecule has 10 rings (SSSR count). The van der Waals surface area contributed by atoms with Gasteiger partial charge in [-0.3, -0.25) is 0 Å². The topological polar surface area (TPSA) is 16.4 Å². The van der Waals surface area contributed by atoms with Crippen LogP contribution in [-0.4, -0.2) is 8.07 Å². The predicted octanol–water partition coefficient (Wildman–Crippen LogP) is 13.4. The van der Waals surface area contributed by atoms with E-state index in [9.17, 15) is 0 Å². The minimum absolute atomic E-state index is 0.0826. The van der Waals surface area contributed by atoms with Gasteiger partial charge in [0.25, 0.3) is 0 Å². The van der Waals surface area contributed by atoms with Crippen LogP contribution in [0.3, 0.4) is 0 Å². The lowest BCUT2D eigenvalue weighted by Gasteiger charge is -2.29. The average Bonchev–Trinajstić information content (AvgIpc) is 3.70. The molecule has 0 amide bonds. The number of furan rings is 1. The van der Waals surface area contributed by atoms with Crippen molar-refractivity contribution in [3.8, 4) is 22.3 Å². The third-order valence-corrected chi connectivity index (χ3v) is 14.3. The molecule has 0 aliphatic heterocycles. The monoisotopic (exact) mass is 689 g/mol. The maximum atomic E-state index is 6.66. The number of nitrogens with zero attached hydrogens (tertiary/aromatic N) is 1. The lowest BCUT2D eigenvalue weighted by Crippen LogP contribution is -2.37. The van der Waals surface area contributed by atoms with E-state index >= 15 is 0 Å². The van der Waals surface area contributed by atoms with Gasteiger partial charge >= 0.3 is 0 Å². The fourth-order valence-corrected chi connectivity index (χ4v) is 10.4. The van der Waals surface area contributed by atoms with Crippen molar-refractivity contribution in [2.45, 2.75) is 58.2 Å². The molecule has 1 aromatic heterocycles. The van der Waals surface area contributed by atoms with Gasteiger partial charge in [0.05, 0.1) is 13.8 Å². The zero-order valence-electron chi connectivity index (χ0n) is 31.1. The number of para-hydroxylation sites is 2. The van der Waals surface area contributed by atoms with Gasteiger partial charge in [0.2, 0.25) is 0 Å². The SMILES string of the molecule is CC1(C)c2cc(N(c3ccc([Si](C)(C)C)cc3)c3cccc4c3oc3ccccc34)ccc2-c2cc3c(cc21)-c1cc2ccccc2cc1C3(C)C. The first-order valence-corrected chi connectivity index (χ1v) is 22.1. The molecule has 8 aromatic rings. The second-order valence-electron chi connectivity index (χ2n) is 17.1. The van der Waals surface area contributed by atoms with Crippen LogP contribution in [0.25, 0.3) is 55.0 Å². The first-order chi connectivity index (χ1) is 24.9. The largest absolute Gasteiger partial charge is 0.454 e. The van der Waals surface area contributed by atoms with Crippen molar-refractivity contribution in [3.05, 3.63) is 156 Å². The fourth-order valence-electron chi connectivity index (χ4n) is 9.22. The summed E-state index contributed by atoms with van der Waals surface area (Å²) in [6.45, 7) is 16.8. The van der Waals surface area contributed by atoms with Gasteiger partial charge < -0.3 is 9.32 Å². The normalized spacial score (nSPS) is 15.1. The summed E-state index contributed by atoms with van der Waals surface area (Å²) in [6, 6.07) is 50.0. The van der Waals surface area contributed by atoms with Gasteiger partial charge in [0.1, 0.15) is 5.58 Å². The van der Waals surface area contributed by atoms with E-state index in [0.717, 1.165) is 39.0 Å². The van der Waals surface area contributed by atoms with Crippen LogP contribution >= 0.6 is 0 Å². The molecule has 2 aliphatic rings. The van der Waals surface area contributed by atoms with Gasteiger partial charge in [-0.1, -0.05) is 125 Å². The molecule has 52 heavy (non-hydrogen) atoms. The second-order valence-corrected chi connectivity index (χ2v) is 22.1. The molecule has 3 heteroatoms. The van der Waals surface area contributed by atoms with Crippen LogP contribution in [0.5, 0.6) is 0 Å². The molecule has 0 N–H and O–H groups in total. The molecule has 0 atom stereocenters.